The number of halogens is 6. The lowest BCUT2D eigenvalue weighted by Crippen LogP contribution is -2.51. The number of aromatic hydroxyl groups is 1. The van der Waals surface area contributed by atoms with Crippen molar-refractivity contribution in [3.05, 3.63) is 58.4 Å². The average Bonchev–Trinajstić information content (AvgIpc) is 3.27. The molecule has 2 saturated carbocycles. The molecule has 7 atom stereocenters. The molecule has 2 N–H and O–H groups in total. The van der Waals surface area contributed by atoms with E-state index in [9.17, 15) is 32.2 Å². The average molecular weight is 630 g/mol. The molecule has 0 bridgehead atoms. The molecule has 0 unspecified atom stereocenters. The molecule has 3 aliphatic carbocycles. The van der Waals surface area contributed by atoms with Crippen LogP contribution in [0.4, 0.5) is 26.3 Å². The number of fused-ring (bicyclic) bond motifs is 5. The van der Waals surface area contributed by atoms with E-state index in [2.05, 4.69) is 11.8 Å². The molecule has 0 radical (unpaired) electrons. The number of rotatable bonds is 11. The molecule has 10 heteroatoms. The van der Waals surface area contributed by atoms with Crippen LogP contribution < -0.4 is 0 Å². The minimum atomic E-state index is -2.15. The SMILES string of the molecule is CN(CCCCC[C@@H]1Cc2cc(O)ccc2[C@@H]2[C@@H]1[C@@H]1CC[C@H](O)[C@@]1(C)C[C@@H]2F)CCCSc1c(F)c(F)c(F)c(F)c1F. The molecule has 0 amide bonds. The first kappa shape index (κ1) is 32.5. The van der Waals surface area contributed by atoms with Crippen molar-refractivity contribution in [2.24, 2.45) is 23.2 Å². The van der Waals surface area contributed by atoms with Gasteiger partial charge in [0, 0.05) is 5.92 Å². The summed E-state index contributed by atoms with van der Waals surface area (Å²) in [6, 6.07) is 5.35. The van der Waals surface area contributed by atoms with Gasteiger partial charge < -0.3 is 15.1 Å². The summed E-state index contributed by atoms with van der Waals surface area (Å²) >= 11 is 0.631. The van der Waals surface area contributed by atoms with E-state index in [0.717, 1.165) is 62.6 Å². The van der Waals surface area contributed by atoms with Gasteiger partial charge in [-0.1, -0.05) is 25.8 Å². The van der Waals surface area contributed by atoms with Gasteiger partial charge in [-0.25, -0.2) is 26.3 Å². The molecule has 0 spiro atoms. The Morgan fingerprint density at radius 2 is 1.60 bits per heavy atom. The Morgan fingerprint density at radius 1 is 0.930 bits per heavy atom. The van der Waals surface area contributed by atoms with Gasteiger partial charge in [-0.15, -0.1) is 11.8 Å². The number of benzene rings is 2. The van der Waals surface area contributed by atoms with Crippen LogP contribution in [-0.4, -0.2) is 53.3 Å². The van der Waals surface area contributed by atoms with E-state index in [1.807, 2.05) is 13.1 Å². The maximum Gasteiger partial charge on any atom is 0.200 e. The predicted octanol–water partition coefficient (Wildman–Crippen LogP) is 8.15. The zero-order chi connectivity index (χ0) is 31.1. The zero-order valence-electron chi connectivity index (χ0n) is 24.7. The van der Waals surface area contributed by atoms with E-state index in [-0.39, 0.29) is 35.2 Å². The molecular weight excluding hydrogens is 588 g/mol. The van der Waals surface area contributed by atoms with Crippen molar-refractivity contribution in [3.8, 4) is 5.75 Å². The van der Waals surface area contributed by atoms with E-state index in [4.69, 9.17) is 0 Å². The molecule has 43 heavy (non-hydrogen) atoms. The first-order chi connectivity index (χ1) is 20.4. The fourth-order valence-electron chi connectivity index (χ4n) is 8.33. The molecule has 238 valence electrons. The van der Waals surface area contributed by atoms with Crippen molar-refractivity contribution in [2.75, 3.05) is 25.9 Å². The van der Waals surface area contributed by atoms with Crippen LogP contribution in [0.1, 0.15) is 75.3 Å². The Bertz CT molecular complexity index is 1280. The van der Waals surface area contributed by atoms with E-state index in [1.54, 1.807) is 12.1 Å². The third-order valence-corrected chi connectivity index (χ3v) is 11.6. The van der Waals surface area contributed by atoms with Gasteiger partial charge in [0.2, 0.25) is 5.82 Å². The van der Waals surface area contributed by atoms with Gasteiger partial charge in [0.1, 0.15) is 11.9 Å². The van der Waals surface area contributed by atoms with E-state index >= 15 is 4.39 Å². The Hall–Kier alpha value is -1.91. The molecule has 0 heterocycles. The van der Waals surface area contributed by atoms with Gasteiger partial charge >= 0.3 is 0 Å². The summed E-state index contributed by atoms with van der Waals surface area (Å²) < 4.78 is 83.7. The van der Waals surface area contributed by atoms with Crippen molar-refractivity contribution >= 4 is 11.8 Å². The molecule has 5 rings (SSSR count). The van der Waals surface area contributed by atoms with Crippen LogP contribution in [0.5, 0.6) is 5.75 Å². The maximum atomic E-state index is 15.9. The number of nitrogens with zero attached hydrogens (tertiary/aromatic N) is 1. The minimum absolute atomic E-state index is 0.167. The van der Waals surface area contributed by atoms with Crippen LogP contribution in [0.15, 0.2) is 23.1 Å². The van der Waals surface area contributed by atoms with Crippen LogP contribution >= 0.6 is 11.8 Å². The highest BCUT2D eigenvalue weighted by atomic mass is 32.2. The number of hydrogen-bond acceptors (Lipinski definition) is 4. The first-order valence-corrected chi connectivity index (χ1v) is 16.4. The summed E-state index contributed by atoms with van der Waals surface area (Å²) in [7, 11) is 1.94. The summed E-state index contributed by atoms with van der Waals surface area (Å²) in [4.78, 5) is 1.25. The standard InChI is InChI=1S/C33H41F6NO2S/c1-33-17-23(34)26-21-9-8-20(41)16-19(21)15-18(25(26)22(33)10-11-24(33)42)7-4-3-5-12-40(2)13-6-14-43-32-30(38)28(36)27(35)29(37)31(32)39/h8-9,16,18,22-26,41-42H,3-7,10-15,17H2,1-2H3/t18-,22+,23+,24+,25+,26+,33+/m1/s1. The van der Waals surface area contributed by atoms with E-state index in [1.165, 1.54) is 0 Å². The highest BCUT2D eigenvalue weighted by molar-refractivity contribution is 7.99. The highest BCUT2D eigenvalue weighted by Crippen LogP contribution is 2.63. The molecule has 0 aliphatic heterocycles. The van der Waals surface area contributed by atoms with E-state index < -0.39 is 51.7 Å². The van der Waals surface area contributed by atoms with Crippen molar-refractivity contribution in [1.82, 2.24) is 4.90 Å². The lowest BCUT2D eigenvalue weighted by molar-refractivity contribution is -0.0722. The lowest BCUT2D eigenvalue weighted by atomic mass is 9.51. The van der Waals surface area contributed by atoms with Gasteiger partial charge in [0.15, 0.2) is 23.3 Å². The largest absolute Gasteiger partial charge is 0.508 e. The van der Waals surface area contributed by atoms with Gasteiger partial charge in [-0.2, -0.15) is 0 Å². The fraction of sp³-hybridized carbons (Fsp3) is 0.636. The number of unbranched alkanes of at least 4 members (excludes halogenated alkanes) is 2. The first-order valence-electron chi connectivity index (χ1n) is 15.4. The summed E-state index contributed by atoms with van der Waals surface area (Å²) in [5.74, 6) is -8.62. The molecule has 2 aromatic carbocycles. The van der Waals surface area contributed by atoms with Gasteiger partial charge in [-0.3, -0.25) is 0 Å². The van der Waals surface area contributed by atoms with Gasteiger partial charge in [0.05, 0.1) is 11.0 Å². The fourth-order valence-corrected chi connectivity index (χ4v) is 9.24. The van der Waals surface area contributed by atoms with Gasteiger partial charge in [0.25, 0.3) is 0 Å². The highest BCUT2D eigenvalue weighted by Gasteiger charge is 2.59. The Kier molecular flexibility index (Phi) is 9.98. The Balaban J connectivity index is 1.11. The van der Waals surface area contributed by atoms with Crippen LogP contribution in [0.3, 0.4) is 0 Å². The maximum absolute atomic E-state index is 15.9. The smallest absolute Gasteiger partial charge is 0.200 e. The molecule has 2 fully saturated rings. The molecular formula is C33H41F6NO2S. The third kappa shape index (κ3) is 6.30. The number of phenols is 1. The second kappa shape index (κ2) is 13.2. The number of hydrogen-bond donors (Lipinski definition) is 2. The summed E-state index contributed by atoms with van der Waals surface area (Å²) in [6.45, 7) is 3.49. The Labute approximate surface area is 254 Å². The lowest BCUT2D eigenvalue weighted by Gasteiger charge is -2.54. The summed E-state index contributed by atoms with van der Waals surface area (Å²) in [5, 5.41) is 21.0. The van der Waals surface area contributed by atoms with Gasteiger partial charge in [-0.05, 0) is 117 Å². The Morgan fingerprint density at radius 3 is 2.33 bits per heavy atom. The van der Waals surface area contributed by atoms with Crippen molar-refractivity contribution in [2.45, 2.75) is 87.8 Å². The number of phenolic OH excluding ortho intramolecular Hbond substituents is 1. The number of alkyl halides is 1. The molecule has 3 nitrogen and oxygen atoms in total. The minimum Gasteiger partial charge on any atom is -0.508 e. The number of aliphatic hydroxyl groups is 1. The molecule has 3 aliphatic rings. The summed E-state index contributed by atoms with van der Waals surface area (Å²) in [5.41, 5.74) is 1.67. The molecule has 0 aromatic heterocycles. The van der Waals surface area contributed by atoms with Crippen molar-refractivity contribution in [1.29, 1.82) is 0 Å². The second-order valence-electron chi connectivity index (χ2n) is 13.1. The van der Waals surface area contributed by atoms with Crippen molar-refractivity contribution < 1.29 is 36.6 Å². The predicted molar refractivity (Wildman–Crippen MR) is 155 cm³/mol. The third-order valence-electron chi connectivity index (χ3n) is 10.5. The number of thioether (sulfide) groups is 1. The topological polar surface area (TPSA) is 43.7 Å². The normalized spacial score (nSPS) is 29.9. The van der Waals surface area contributed by atoms with Crippen LogP contribution in [-0.2, 0) is 6.42 Å². The van der Waals surface area contributed by atoms with Crippen LogP contribution in [0, 0.1) is 52.3 Å². The van der Waals surface area contributed by atoms with Crippen LogP contribution in [0.25, 0.3) is 0 Å². The number of aliphatic hydroxyl groups excluding tert-OH is 1. The van der Waals surface area contributed by atoms with Crippen molar-refractivity contribution in [3.63, 3.8) is 0 Å². The summed E-state index contributed by atoms with van der Waals surface area (Å²) in [6.07, 6.45) is 5.70. The zero-order valence-corrected chi connectivity index (χ0v) is 25.5. The molecule has 2 aromatic rings. The second-order valence-corrected chi connectivity index (χ2v) is 14.2. The molecule has 0 saturated heterocycles. The van der Waals surface area contributed by atoms with E-state index in [0.29, 0.717) is 31.1 Å². The van der Waals surface area contributed by atoms with Crippen LogP contribution in [0.2, 0.25) is 0 Å². The quantitative estimate of drug-likeness (QED) is 0.0866. The monoisotopic (exact) mass is 629 g/mol.